The van der Waals surface area contributed by atoms with E-state index in [9.17, 15) is 10.1 Å². The van der Waals surface area contributed by atoms with E-state index in [1.165, 1.54) is 33.1 Å². The third-order valence-corrected chi connectivity index (χ3v) is 5.53. The lowest BCUT2D eigenvalue weighted by atomic mass is 10.1. The molecule has 0 saturated carbocycles. The van der Waals surface area contributed by atoms with E-state index in [0.717, 1.165) is 5.56 Å². The molecule has 0 fully saturated rings. The van der Waals surface area contributed by atoms with Gasteiger partial charge in [0.2, 0.25) is 11.7 Å². The minimum Gasteiger partial charge on any atom is -0.493 e. The van der Waals surface area contributed by atoms with Gasteiger partial charge in [-0.15, -0.1) is 11.8 Å². The molecular weight excluding hydrogens is 435 g/mol. The third kappa shape index (κ3) is 6.10. The smallest absolute Gasteiger partial charge is 0.231 e. The molecule has 6 nitrogen and oxygen atoms in total. The molecule has 0 saturated heterocycles. The molecule has 0 spiro atoms. The molecule has 0 aromatic heterocycles. The van der Waals surface area contributed by atoms with Crippen LogP contribution in [0.3, 0.4) is 0 Å². The number of hydrogen-bond acceptors (Lipinski definition) is 6. The highest BCUT2D eigenvalue weighted by molar-refractivity contribution is 7.99. The Kier molecular flexibility index (Phi) is 8.77. The van der Waals surface area contributed by atoms with Crippen molar-refractivity contribution in [3.05, 3.63) is 51.5 Å². The van der Waals surface area contributed by atoms with Crippen molar-refractivity contribution in [2.24, 2.45) is 0 Å². The van der Waals surface area contributed by atoms with Crippen molar-refractivity contribution in [1.29, 1.82) is 5.26 Å². The van der Waals surface area contributed by atoms with Gasteiger partial charge in [-0.25, -0.2) is 0 Å². The summed E-state index contributed by atoms with van der Waals surface area (Å²) in [6.07, 6.45) is 0. The fraction of sp³-hybridized carbons (Fsp3) is 0.300. The van der Waals surface area contributed by atoms with Crippen LogP contribution >= 0.6 is 35.0 Å². The Morgan fingerprint density at radius 1 is 1.14 bits per heavy atom. The summed E-state index contributed by atoms with van der Waals surface area (Å²) >= 11 is 13.4. The number of amides is 1. The first kappa shape index (κ1) is 23.0. The van der Waals surface area contributed by atoms with Crippen LogP contribution < -0.4 is 19.5 Å². The van der Waals surface area contributed by atoms with E-state index in [1.807, 2.05) is 6.07 Å². The molecule has 1 N–H and O–H groups in total. The van der Waals surface area contributed by atoms with Gasteiger partial charge in [-0.2, -0.15) is 5.26 Å². The van der Waals surface area contributed by atoms with Gasteiger partial charge in [0.05, 0.1) is 33.2 Å². The number of benzene rings is 2. The molecule has 154 valence electrons. The maximum atomic E-state index is 12.3. The second kappa shape index (κ2) is 11.1. The van der Waals surface area contributed by atoms with Crippen molar-refractivity contribution >= 4 is 40.9 Å². The number of hydrogen-bond donors (Lipinski definition) is 1. The fourth-order valence-electron chi connectivity index (χ4n) is 2.55. The lowest BCUT2D eigenvalue weighted by molar-refractivity contribution is -0.118. The van der Waals surface area contributed by atoms with Crippen LogP contribution in [0.1, 0.15) is 17.2 Å². The van der Waals surface area contributed by atoms with Crippen LogP contribution in [0, 0.1) is 11.3 Å². The van der Waals surface area contributed by atoms with Crippen molar-refractivity contribution < 1.29 is 19.0 Å². The topological polar surface area (TPSA) is 80.6 Å². The molecule has 2 rings (SSSR count). The van der Waals surface area contributed by atoms with Gasteiger partial charge >= 0.3 is 0 Å². The summed E-state index contributed by atoms with van der Waals surface area (Å²) in [7, 11) is 4.47. The Balaban J connectivity index is 2.03. The Hall–Kier alpha value is -2.27. The first-order valence-electron chi connectivity index (χ1n) is 8.44. The highest BCUT2D eigenvalue weighted by atomic mass is 35.5. The van der Waals surface area contributed by atoms with Crippen LogP contribution in [-0.4, -0.2) is 33.0 Å². The number of nitrogens with zero attached hydrogens (tertiary/aromatic N) is 1. The summed E-state index contributed by atoms with van der Waals surface area (Å²) < 4.78 is 15.9. The summed E-state index contributed by atoms with van der Waals surface area (Å²) in [5.74, 6) is 1.66. The molecule has 1 atom stereocenters. The normalized spacial score (nSPS) is 11.3. The van der Waals surface area contributed by atoms with E-state index < -0.39 is 6.04 Å². The highest BCUT2D eigenvalue weighted by Crippen LogP contribution is 2.39. The van der Waals surface area contributed by atoms with Gasteiger partial charge in [-0.1, -0.05) is 29.3 Å². The number of carbonyl (C=O) groups excluding carboxylic acids is 1. The maximum absolute atomic E-state index is 12.3. The Morgan fingerprint density at radius 3 is 2.31 bits per heavy atom. The predicted octanol–water partition coefficient (Wildman–Crippen LogP) is 4.63. The van der Waals surface area contributed by atoms with Crippen LogP contribution in [0.5, 0.6) is 17.2 Å². The summed E-state index contributed by atoms with van der Waals surface area (Å²) in [5, 5.41) is 13.4. The largest absolute Gasteiger partial charge is 0.493 e. The van der Waals surface area contributed by atoms with Gasteiger partial charge in [-0.05, 0) is 35.4 Å². The van der Waals surface area contributed by atoms with Gasteiger partial charge in [0.1, 0.15) is 6.04 Å². The van der Waals surface area contributed by atoms with E-state index in [4.69, 9.17) is 37.4 Å². The monoisotopic (exact) mass is 454 g/mol. The number of carbonyl (C=O) groups is 1. The molecule has 29 heavy (non-hydrogen) atoms. The summed E-state index contributed by atoms with van der Waals surface area (Å²) in [5.41, 5.74) is 1.41. The average Bonchev–Trinajstić information content (AvgIpc) is 2.72. The molecular formula is C20H20Cl2N2O4S. The first-order chi connectivity index (χ1) is 13.9. The number of methoxy groups -OCH3 is 3. The second-order valence-corrected chi connectivity index (χ2v) is 7.65. The van der Waals surface area contributed by atoms with E-state index in [2.05, 4.69) is 11.4 Å². The van der Waals surface area contributed by atoms with Crippen molar-refractivity contribution in [2.45, 2.75) is 11.8 Å². The van der Waals surface area contributed by atoms with Crippen molar-refractivity contribution in [3.8, 4) is 23.3 Å². The quantitative estimate of drug-likeness (QED) is 0.594. The number of nitrogens with one attached hydrogen (secondary N) is 1. The maximum Gasteiger partial charge on any atom is 0.231 e. The lowest BCUT2D eigenvalue weighted by Gasteiger charge is -2.17. The molecule has 0 aliphatic carbocycles. The Bertz CT molecular complexity index is 893. The first-order valence-corrected chi connectivity index (χ1v) is 10.3. The van der Waals surface area contributed by atoms with Gasteiger partial charge in [-0.3, -0.25) is 4.79 Å². The molecule has 0 bridgehead atoms. The SMILES string of the molecule is COc1cc(C(C#N)NC(=O)CSCc2ccc(Cl)cc2Cl)cc(OC)c1OC. The lowest BCUT2D eigenvalue weighted by Crippen LogP contribution is -2.29. The zero-order valence-electron chi connectivity index (χ0n) is 16.1. The molecule has 2 aromatic carbocycles. The minimum absolute atomic E-state index is 0.168. The standard InChI is InChI=1S/C20H20Cl2N2O4S/c1-26-17-6-13(7-18(27-2)20(17)28-3)16(9-23)24-19(25)11-29-10-12-4-5-14(21)8-15(12)22/h4-8,16H,10-11H2,1-3H3,(H,24,25). The molecule has 0 aliphatic heterocycles. The number of ether oxygens (including phenoxy) is 3. The molecule has 1 unspecified atom stereocenters. The van der Waals surface area contributed by atoms with E-state index in [-0.39, 0.29) is 11.7 Å². The summed E-state index contributed by atoms with van der Waals surface area (Å²) in [6, 6.07) is 9.72. The minimum atomic E-state index is -0.865. The highest BCUT2D eigenvalue weighted by Gasteiger charge is 2.20. The molecule has 0 aliphatic rings. The van der Waals surface area contributed by atoms with E-state index in [0.29, 0.717) is 38.6 Å². The molecule has 0 heterocycles. The zero-order chi connectivity index (χ0) is 21.4. The number of halogens is 2. The third-order valence-electron chi connectivity index (χ3n) is 3.96. The summed E-state index contributed by atoms with van der Waals surface area (Å²) in [6.45, 7) is 0. The van der Waals surface area contributed by atoms with Crippen LogP contribution in [0.2, 0.25) is 10.0 Å². The van der Waals surface area contributed by atoms with Gasteiger partial charge in [0.15, 0.2) is 11.5 Å². The van der Waals surface area contributed by atoms with Crippen LogP contribution in [-0.2, 0) is 10.5 Å². The number of thioether (sulfide) groups is 1. The van der Waals surface area contributed by atoms with Gasteiger partial charge < -0.3 is 19.5 Å². The van der Waals surface area contributed by atoms with Crippen molar-refractivity contribution in [3.63, 3.8) is 0 Å². The number of rotatable bonds is 9. The van der Waals surface area contributed by atoms with Crippen LogP contribution in [0.4, 0.5) is 0 Å². The molecule has 1 amide bonds. The average molecular weight is 455 g/mol. The molecule has 2 aromatic rings. The fourth-order valence-corrected chi connectivity index (χ4v) is 3.95. The van der Waals surface area contributed by atoms with Crippen molar-refractivity contribution in [2.75, 3.05) is 27.1 Å². The van der Waals surface area contributed by atoms with Gasteiger partial charge in [0, 0.05) is 15.8 Å². The summed E-state index contributed by atoms with van der Waals surface area (Å²) in [4.78, 5) is 12.3. The Labute approximate surface area is 184 Å². The van der Waals surface area contributed by atoms with Crippen LogP contribution in [0.25, 0.3) is 0 Å². The molecule has 9 heteroatoms. The van der Waals surface area contributed by atoms with E-state index in [1.54, 1.807) is 24.3 Å². The molecule has 0 radical (unpaired) electrons. The van der Waals surface area contributed by atoms with Gasteiger partial charge in [0.25, 0.3) is 0 Å². The zero-order valence-corrected chi connectivity index (χ0v) is 18.5. The second-order valence-electron chi connectivity index (χ2n) is 5.82. The van der Waals surface area contributed by atoms with E-state index >= 15 is 0 Å². The Morgan fingerprint density at radius 2 is 1.79 bits per heavy atom. The predicted molar refractivity (Wildman–Crippen MR) is 115 cm³/mol. The number of nitriles is 1. The van der Waals surface area contributed by atoms with Crippen LogP contribution in [0.15, 0.2) is 30.3 Å². The van der Waals surface area contributed by atoms with Crippen molar-refractivity contribution in [1.82, 2.24) is 5.32 Å².